The largest absolute Gasteiger partial charge is 0.254 e. The van der Waals surface area contributed by atoms with Crippen LogP contribution >= 0.6 is 0 Å². The van der Waals surface area contributed by atoms with E-state index < -0.39 is 0 Å². The van der Waals surface area contributed by atoms with Crippen molar-refractivity contribution in [2.75, 3.05) is 0 Å². The molecule has 45 valence electrons. The zero-order chi connectivity index (χ0) is 5.56. The third-order valence-corrected chi connectivity index (χ3v) is 2.74. The van der Waals surface area contributed by atoms with Crippen LogP contribution < -0.4 is 5.73 Å². The van der Waals surface area contributed by atoms with Crippen molar-refractivity contribution in [3.05, 3.63) is 0 Å². The van der Waals surface area contributed by atoms with E-state index in [9.17, 15) is 0 Å². The summed E-state index contributed by atoms with van der Waals surface area (Å²) in [7, 11) is 0. The number of hydrogen-bond acceptors (Lipinski definition) is 0. The summed E-state index contributed by atoms with van der Waals surface area (Å²) in [6, 6.07) is 0.328. The smallest absolute Gasteiger partial charge is 0.0244 e. The van der Waals surface area contributed by atoms with E-state index in [0.29, 0.717) is 6.04 Å². The normalized spacial score (nSPS) is 52.9. The number of rotatable bonds is 0. The fourth-order valence-corrected chi connectivity index (χ4v) is 2.24. The molecule has 1 radical (unpaired) electrons. The van der Waals surface area contributed by atoms with Crippen LogP contribution in [-0.4, -0.2) is 6.04 Å². The third-order valence-electron chi connectivity index (χ3n) is 2.74. The van der Waals surface area contributed by atoms with Gasteiger partial charge in [-0.05, 0) is 31.1 Å². The first-order valence-electron chi connectivity index (χ1n) is 3.57. The number of nitrogens with one attached hydrogen (secondary N) is 1. The van der Waals surface area contributed by atoms with E-state index in [-0.39, 0.29) is 0 Å². The van der Waals surface area contributed by atoms with E-state index in [0.717, 1.165) is 11.8 Å². The first-order valence-corrected chi connectivity index (χ1v) is 3.57. The Morgan fingerprint density at radius 3 is 2.25 bits per heavy atom. The molecule has 1 N–H and O–H groups in total. The molecule has 0 heterocycles. The second-order valence-corrected chi connectivity index (χ2v) is 3.28. The van der Waals surface area contributed by atoms with Crippen LogP contribution in [0.4, 0.5) is 0 Å². The van der Waals surface area contributed by atoms with Crippen LogP contribution in [0, 0.1) is 11.8 Å². The summed E-state index contributed by atoms with van der Waals surface area (Å²) in [4.78, 5) is 0. The first-order chi connectivity index (χ1) is 3.86. The van der Waals surface area contributed by atoms with Gasteiger partial charge in [0, 0.05) is 6.04 Å². The highest BCUT2D eigenvalue weighted by molar-refractivity contribution is 4.91. The molecule has 2 rings (SSSR count). The lowest BCUT2D eigenvalue weighted by atomic mass is 9.96. The van der Waals surface area contributed by atoms with Crippen LogP contribution in [0.25, 0.3) is 0 Å². The van der Waals surface area contributed by atoms with Gasteiger partial charge in [-0.25, -0.2) is 0 Å². The van der Waals surface area contributed by atoms with E-state index in [1.54, 1.807) is 0 Å². The average Bonchev–Trinajstić information content (AvgIpc) is 2.23. The van der Waals surface area contributed by atoms with E-state index in [1.165, 1.54) is 25.7 Å². The quantitative estimate of drug-likeness (QED) is 0.451. The predicted molar refractivity (Wildman–Crippen MR) is 32.3 cm³/mol. The van der Waals surface area contributed by atoms with E-state index in [2.05, 4.69) is 0 Å². The van der Waals surface area contributed by atoms with Crippen molar-refractivity contribution in [1.82, 2.24) is 5.73 Å². The maximum Gasteiger partial charge on any atom is 0.0244 e. The lowest BCUT2D eigenvalue weighted by Gasteiger charge is -2.14. The zero-order valence-electron chi connectivity index (χ0n) is 5.06. The number of hydrogen-bond donors (Lipinski definition) is 0. The predicted octanol–water partition coefficient (Wildman–Crippen LogP) is 1.46. The third kappa shape index (κ3) is 0.510. The van der Waals surface area contributed by atoms with Crippen molar-refractivity contribution in [3.8, 4) is 0 Å². The minimum Gasteiger partial charge on any atom is -0.254 e. The molecule has 2 unspecified atom stereocenters. The van der Waals surface area contributed by atoms with Crippen molar-refractivity contribution in [3.63, 3.8) is 0 Å². The van der Waals surface area contributed by atoms with Gasteiger partial charge in [0.05, 0.1) is 0 Å². The molecule has 0 amide bonds. The van der Waals surface area contributed by atoms with Crippen molar-refractivity contribution in [1.29, 1.82) is 0 Å². The fraction of sp³-hybridized carbons (Fsp3) is 1.00. The van der Waals surface area contributed by atoms with Crippen LogP contribution in [0.1, 0.15) is 25.7 Å². The molecule has 3 atom stereocenters. The standard InChI is InChI=1S/C7H12N/c8-7-4-5-1-2-6(7)3-5/h5-8H,1-4H2/t5?,6?,7-/m1/s1. The van der Waals surface area contributed by atoms with E-state index >= 15 is 0 Å². The minimum atomic E-state index is 0.328. The van der Waals surface area contributed by atoms with Gasteiger partial charge < -0.3 is 0 Å². The maximum absolute atomic E-state index is 7.52. The average molecular weight is 110 g/mol. The second kappa shape index (κ2) is 1.47. The molecule has 2 bridgehead atoms. The molecule has 2 saturated carbocycles. The minimum absolute atomic E-state index is 0.328. The van der Waals surface area contributed by atoms with Crippen LogP contribution in [-0.2, 0) is 0 Å². The summed E-state index contributed by atoms with van der Waals surface area (Å²) in [5.41, 5.74) is 7.52. The van der Waals surface area contributed by atoms with Crippen molar-refractivity contribution >= 4 is 0 Å². The molecule has 0 saturated heterocycles. The molecule has 0 aromatic rings. The highest BCUT2D eigenvalue weighted by Crippen LogP contribution is 2.43. The first kappa shape index (κ1) is 4.80. The van der Waals surface area contributed by atoms with E-state index in [4.69, 9.17) is 5.73 Å². The molecule has 0 aliphatic heterocycles. The van der Waals surface area contributed by atoms with Crippen LogP contribution in [0.3, 0.4) is 0 Å². The van der Waals surface area contributed by atoms with Crippen molar-refractivity contribution in [2.24, 2.45) is 11.8 Å². The number of fused-ring (bicyclic) bond motifs is 2. The lowest BCUT2D eigenvalue weighted by Crippen LogP contribution is -2.16. The molecule has 2 aliphatic carbocycles. The van der Waals surface area contributed by atoms with Gasteiger partial charge in [-0.1, -0.05) is 6.42 Å². The van der Waals surface area contributed by atoms with Gasteiger partial charge in [-0.2, -0.15) is 0 Å². The van der Waals surface area contributed by atoms with Gasteiger partial charge in [-0.15, -0.1) is 0 Å². The summed E-state index contributed by atoms with van der Waals surface area (Å²) in [6.45, 7) is 0. The molecule has 0 aromatic carbocycles. The van der Waals surface area contributed by atoms with Gasteiger partial charge in [0.2, 0.25) is 0 Å². The Hall–Kier alpha value is -0.0400. The van der Waals surface area contributed by atoms with Gasteiger partial charge in [0.15, 0.2) is 0 Å². The maximum atomic E-state index is 7.52. The highest BCUT2D eigenvalue weighted by atomic mass is 14.7. The Bertz CT molecular complexity index is 98.6. The summed E-state index contributed by atoms with van der Waals surface area (Å²) >= 11 is 0. The van der Waals surface area contributed by atoms with Gasteiger partial charge >= 0.3 is 0 Å². The second-order valence-electron chi connectivity index (χ2n) is 3.28. The summed E-state index contributed by atoms with van der Waals surface area (Å²) in [5.74, 6) is 1.77. The summed E-state index contributed by atoms with van der Waals surface area (Å²) in [5, 5.41) is 0. The molecular weight excluding hydrogens is 98.1 g/mol. The molecule has 2 fully saturated rings. The molecular formula is C7H12N. The summed E-state index contributed by atoms with van der Waals surface area (Å²) < 4.78 is 0. The molecule has 1 nitrogen and oxygen atoms in total. The summed E-state index contributed by atoms with van der Waals surface area (Å²) in [6.07, 6.45) is 5.39. The van der Waals surface area contributed by atoms with Gasteiger partial charge in [-0.3, -0.25) is 5.73 Å². The zero-order valence-corrected chi connectivity index (χ0v) is 5.06. The molecule has 0 spiro atoms. The molecule has 2 aliphatic rings. The molecule has 8 heavy (non-hydrogen) atoms. The van der Waals surface area contributed by atoms with Crippen molar-refractivity contribution in [2.45, 2.75) is 31.7 Å². The van der Waals surface area contributed by atoms with E-state index in [1.807, 2.05) is 0 Å². The monoisotopic (exact) mass is 110 g/mol. The SMILES string of the molecule is [NH][C@@H]1CC2CCC1C2. The Balaban J connectivity index is 2.11. The molecule has 1 heteroatoms. The highest BCUT2D eigenvalue weighted by Gasteiger charge is 2.37. The van der Waals surface area contributed by atoms with Crippen LogP contribution in [0.5, 0.6) is 0 Å². The fourth-order valence-electron chi connectivity index (χ4n) is 2.24. The van der Waals surface area contributed by atoms with Gasteiger partial charge in [0.25, 0.3) is 0 Å². The van der Waals surface area contributed by atoms with Crippen LogP contribution in [0.2, 0.25) is 0 Å². The Labute approximate surface area is 50.3 Å². The van der Waals surface area contributed by atoms with Crippen molar-refractivity contribution < 1.29 is 0 Å². The Kier molecular flexibility index (Phi) is 0.884. The molecule has 0 aromatic heterocycles. The lowest BCUT2D eigenvalue weighted by molar-refractivity contribution is 0.409. The topological polar surface area (TPSA) is 23.8 Å². The Morgan fingerprint density at radius 1 is 1.12 bits per heavy atom. The van der Waals surface area contributed by atoms with Crippen LogP contribution in [0.15, 0.2) is 0 Å². The van der Waals surface area contributed by atoms with Gasteiger partial charge in [0.1, 0.15) is 0 Å². The Morgan fingerprint density at radius 2 is 2.00 bits per heavy atom.